The summed E-state index contributed by atoms with van der Waals surface area (Å²) in [6.07, 6.45) is 2.33. The number of benzene rings is 4. The summed E-state index contributed by atoms with van der Waals surface area (Å²) in [6, 6.07) is 44.0. The molecule has 4 aromatic carbocycles. The van der Waals surface area contributed by atoms with Gasteiger partial charge in [0, 0.05) is 1.43 Å². The van der Waals surface area contributed by atoms with Crippen LogP contribution < -0.4 is 26.5 Å². The Hall–Kier alpha value is -1.87. The van der Waals surface area contributed by atoms with E-state index in [4.69, 9.17) is 4.65 Å². The van der Waals surface area contributed by atoms with E-state index in [0.717, 1.165) is 25.4 Å². The summed E-state index contributed by atoms with van der Waals surface area (Å²) < 4.78 is 7.50. The summed E-state index contributed by atoms with van der Waals surface area (Å²) in [5.74, 6) is 0. The molecule has 6 heteroatoms. The molecule has 0 spiro atoms. The van der Waals surface area contributed by atoms with Crippen molar-refractivity contribution in [1.29, 1.82) is 0 Å². The van der Waals surface area contributed by atoms with Crippen LogP contribution in [0.3, 0.4) is 0 Å². The molecule has 0 aliphatic rings. The summed E-state index contributed by atoms with van der Waals surface area (Å²) in [5.41, 5.74) is 0. The second kappa shape index (κ2) is 18.4. The van der Waals surface area contributed by atoms with Crippen molar-refractivity contribution < 1.29 is 25.6 Å². The Morgan fingerprint density at radius 2 is 0.743 bits per heavy atom. The predicted octanol–water partition coefficient (Wildman–Crippen LogP) is 3.60. The Bertz CT molecular complexity index is 913. The summed E-state index contributed by atoms with van der Waals surface area (Å²) in [4.78, 5) is 0. The van der Waals surface area contributed by atoms with Gasteiger partial charge >= 0.3 is 30.8 Å². The first-order valence-corrected chi connectivity index (χ1v) is 14.1. The molecule has 2 nitrogen and oxygen atoms in total. The van der Waals surface area contributed by atoms with Crippen molar-refractivity contribution in [1.82, 2.24) is 5.32 Å². The van der Waals surface area contributed by atoms with E-state index in [1.807, 2.05) is 0 Å². The Kier molecular flexibility index (Phi) is 16.4. The number of rotatable bonds is 10. The molecule has 1 radical (unpaired) electrons. The van der Waals surface area contributed by atoms with Gasteiger partial charge in [-0.2, -0.15) is 0 Å². The number of nitrogens with one attached hydrogen (secondary N) is 1. The van der Waals surface area contributed by atoms with Crippen LogP contribution >= 0.6 is 15.8 Å². The van der Waals surface area contributed by atoms with Crippen molar-refractivity contribution in [3.8, 4) is 0 Å². The van der Waals surface area contributed by atoms with Crippen molar-refractivity contribution in [2.24, 2.45) is 0 Å². The van der Waals surface area contributed by atoms with Crippen molar-refractivity contribution in [2.75, 3.05) is 25.4 Å². The first-order valence-electron chi connectivity index (χ1n) is 11.1. The van der Waals surface area contributed by atoms with Gasteiger partial charge in [-0.25, -0.2) is 0 Å². The second-order valence-electron chi connectivity index (χ2n) is 7.40. The van der Waals surface area contributed by atoms with E-state index in [1.54, 1.807) is 0 Å². The fourth-order valence-electron chi connectivity index (χ4n) is 3.75. The third-order valence-corrected chi connectivity index (χ3v) is 10.3. The molecule has 0 atom stereocenters. The molecule has 1 N–H and O–H groups in total. The van der Waals surface area contributed by atoms with Crippen LogP contribution in [0.1, 0.15) is 1.43 Å². The largest absolute Gasteiger partial charge is 1.00 e. The zero-order valence-electron chi connectivity index (χ0n) is 19.0. The quantitative estimate of drug-likeness (QED) is 0.0995. The van der Waals surface area contributed by atoms with Gasteiger partial charge in [-0.15, -0.1) is 0 Å². The second-order valence-corrected chi connectivity index (χ2v) is 12.1. The molecule has 0 bridgehead atoms. The standard InChI is InChI=1S/C28H29NP2.CO.BH4.Ru.H2/c1-5-13-25(14-6-1)30(26-15-7-2-8-16-26)23-21-29-22-24-31(27-17-9-3-10-18-27)28-19-11-4-12-20-28;1-2;;;/h1-20,29H,21-24H2;;1H4;;1H/q;;-1;+1;. The summed E-state index contributed by atoms with van der Waals surface area (Å²) >= 11 is 0. The van der Waals surface area contributed by atoms with Crippen molar-refractivity contribution in [3.05, 3.63) is 128 Å². The maximum atomic E-state index is 7.50. The normalized spacial score (nSPS) is 9.94. The van der Waals surface area contributed by atoms with Gasteiger partial charge in [-0.3, -0.25) is 0 Å². The molecule has 0 fully saturated rings. The average molecular weight is 587 g/mol. The maximum Gasteiger partial charge on any atom is 1.00 e. The fraction of sp³-hybridized carbons (Fsp3) is 0.138. The minimum absolute atomic E-state index is 0. The topological polar surface area (TPSA) is 31.9 Å². The molecule has 35 heavy (non-hydrogen) atoms. The molecular formula is C29H35BNOP2Ru. The number of hydrogen-bond donors (Lipinski definition) is 1. The average Bonchev–Trinajstić information content (AvgIpc) is 2.91. The molecule has 0 heterocycles. The minimum Gasteiger partial charge on any atom is -0.316 e. The Balaban J connectivity index is 0.00000239. The van der Waals surface area contributed by atoms with Crippen molar-refractivity contribution in [3.63, 3.8) is 0 Å². The Morgan fingerprint density at radius 3 is 0.971 bits per heavy atom. The molecule has 0 unspecified atom stereocenters. The van der Waals surface area contributed by atoms with Gasteiger partial charge in [-0.05, 0) is 62.5 Å². The van der Waals surface area contributed by atoms with E-state index >= 15 is 0 Å². The SMILES string of the molecule is [BH4-].[C-]#[O+].[HH].[Ru+].c1ccc(P(CCNCCP(c2ccccc2)c2ccccc2)c2ccccc2)cc1. The zero-order chi connectivity index (χ0) is 23.1. The Morgan fingerprint density at radius 1 is 0.514 bits per heavy atom. The van der Waals surface area contributed by atoms with Crippen LogP contribution in [0.2, 0.25) is 0 Å². The van der Waals surface area contributed by atoms with Crippen molar-refractivity contribution >= 4 is 45.5 Å². The van der Waals surface area contributed by atoms with Crippen LogP contribution in [0.15, 0.2) is 121 Å². The van der Waals surface area contributed by atoms with Gasteiger partial charge in [0.15, 0.2) is 0 Å². The van der Waals surface area contributed by atoms with Gasteiger partial charge < -0.3 is 5.32 Å². The molecule has 0 saturated carbocycles. The predicted molar refractivity (Wildman–Crippen MR) is 158 cm³/mol. The first-order chi connectivity index (χ1) is 16.4. The Labute approximate surface area is 229 Å². The monoisotopic (exact) mass is 588 g/mol. The fourth-order valence-corrected chi connectivity index (χ4v) is 8.27. The minimum atomic E-state index is -0.328. The third-order valence-electron chi connectivity index (χ3n) is 5.30. The van der Waals surface area contributed by atoms with Gasteiger partial charge in [0.1, 0.15) is 0 Å². The van der Waals surface area contributed by atoms with Crippen molar-refractivity contribution in [2.45, 2.75) is 0 Å². The van der Waals surface area contributed by atoms with Crippen LogP contribution in [-0.2, 0) is 24.1 Å². The third kappa shape index (κ3) is 9.95. The van der Waals surface area contributed by atoms with E-state index in [9.17, 15) is 0 Å². The van der Waals surface area contributed by atoms with E-state index in [1.165, 1.54) is 21.2 Å². The van der Waals surface area contributed by atoms with Crippen LogP contribution in [0.5, 0.6) is 0 Å². The maximum absolute atomic E-state index is 7.50. The molecule has 0 aromatic heterocycles. The van der Waals surface area contributed by atoms with Gasteiger partial charge in [0.2, 0.25) is 0 Å². The molecular weight excluding hydrogens is 552 g/mol. The molecule has 4 rings (SSSR count). The number of hydrogen-bond acceptors (Lipinski definition) is 1. The molecule has 0 aliphatic carbocycles. The van der Waals surface area contributed by atoms with Gasteiger partial charge in [0.05, 0.1) is 0 Å². The van der Waals surface area contributed by atoms with E-state index in [-0.39, 0.29) is 45.2 Å². The molecule has 4 aromatic rings. The first kappa shape index (κ1) is 31.2. The summed E-state index contributed by atoms with van der Waals surface area (Å²) in [7, 11) is -0.655. The molecule has 0 amide bonds. The summed E-state index contributed by atoms with van der Waals surface area (Å²) in [6.45, 7) is 6.59. The van der Waals surface area contributed by atoms with E-state index in [0.29, 0.717) is 0 Å². The van der Waals surface area contributed by atoms with E-state index < -0.39 is 0 Å². The smallest absolute Gasteiger partial charge is 0.316 e. The van der Waals surface area contributed by atoms with Crippen LogP contribution in [-0.4, -0.2) is 33.8 Å². The zero-order valence-corrected chi connectivity index (χ0v) is 22.6. The van der Waals surface area contributed by atoms with Gasteiger partial charge in [0.25, 0.3) is 0 Å². The molecule has 183 valence electrons. The van der Waals surface area contributed by atoms with Crippen LogP contribution in [0, 0.1) is 6.65 Å². The van der Waals surface area contributed by atoms with E-state index in [2.05, 4.69) is 133 Å². The van der Waals surface area contributed by atoms with Crippen LogP contribution in [0.25, 0.3) is 0 Å². The van der Waals surface area contributed by atoms with Gasteiger partial charge in [-0.1, -0.05) is 130 Å². The molecule has 0 aliphatic heterocycles. The molecule has 0 saturated heterocycles. The van der Waals surface area contributed by atoms with Crippen LogP contribution in [0.4, 0.5) is 0 Å². The summed E-state index contributed by atoms with van der Waals surface area (Å²) in [5, 5.41) is 9.60.